The van der Waals surface area contributed by atoms with Crippen molar-refractivity contribution in [2.45, 2.75) is 20.0 Å². The van der Waals surface area contributed by atoms with Crippen molar-refractivity contribution in [1.82, 2.24) is 9.55 Å². The minimum Gasteiger partial charge on any atom is -0.362 e. The van der Waals surface area contributed by atoms with Gasteiger partial charge in [-0.15, -0.1) is 0 Å². The molecular weight excluding hydrogens is 245 g/mol. The molecule has 0 radical (unpaired) electrons. The summed E-state index contributed by atoms with van der Waals surface area (Å²) in [6, 6.07) is 4.75. The van der Waals surface area contributed by atoms with Crippen LogP contribution >= 0.6 is 0 Å². The number of fused-ring (bicyclic) bond motifs is 1. The summed E-state index contributed by atoms with van der Waals surface area (Å²) in [7, 11) is 0. The molecule has 0 unspecified atom stereocenters. The maximum absolute atomic E-state index is 13.8. The van der Waals surface area contributed by atoms with E-state index in [0.717, 1.165) is 18.9 Å². The number of carbonyl (C=O) groups excluding carboxylic acids is 1. The average molecular weight is 259 g/mol. The molecule has 4 nitrogen and oxygen atoms in total. The van der Waals surface area contributed by atoms with Gasteiger partial charge in [-0.3, -0.25) is 4.79 Å². The molecule has 0 spiro atoms. The molecule has 1 aliphatic rings. The highest BCUT2D eigenvalue weighted by molar-refractivity contribution is 6.00. The maximum Gasteiger partial charge on any atom is 0.164 e. The molecule has 0 saturated carbocycles. The van der Waals surface area contributed by atoms with Crippen molar-refractivity contribution < 1.29 is 9.18 Å². The summed E-state index contributed by atoms with van der Waals surface area (Å²) in [5.74, 6) is 0.228. The summed E-state index contributed by atoms with van der Waals surface area (Å²) in [6.45, 7) is 3.53. The first kappa shape index (κ1) is 11.9. The van der Waals surface area contributed by atoms with E-state index in [2.05, 4.69) is 9.55 Å². The molecule has 0 amide bonds. The molecule has 1 aliphatic heterocycles. The second kappa shape index (κ2) is 4.50. The van der Waals surface area contributed by atoms with Crippen molar-refractivity contribution >= 4 is 11.5 Å². The van der Waals surface area contributed by atoms with Crippen molar-refractivity contribution in [1.29, 1.82) is 0 Å². The number of benzene rings is 1. The number of hydrogen-bond acceptors (Lipinski definition) is 3. The van der Waals surface area contributed by atoms with Gasteiger partial charge in [-0.25, -0.2) is 9.37 Å². The Morgan fingerprint density at radius 2 is 2.21 bits per heavy atom. The number of hydrogen-bond donors (Lipinski definition) is 0. The van der Waals surface area contributed by atoms with E-state index in [1.807, 2.05) is 11.1 Å². The van der Waals surface area contributed by atoms with Crippen LogP contribution in [0.25, 0.3) is 0 Å². The fourth-order valence-corrected chi connectivity index (χ4v) is 2.50. The van der Waals surface area contributed by atoms with Gasteiger partial charge in [0.05, 0.1) is 17.8 Å². The average Bonchev–Trinajstić information content (AvgIpc) is 2.85. The molecule has 2 aromatic rings. The van der Waals surface area contributed by atoms with E-state index in [0.29, 0.717) is 12.2 Å². The van der Waals surface area contributed by atoms with Crippen LogP contribution in [0.3, 0.4) is 0 Å². The Kier molecular flexibility index (Phi) is 2.81. The third-order valence-electron chi connectivity index (χ3n) is 3.43. The Morgan fingerprint density at radius 3 is 3.00 bits per heavy atom. The summed E-state index contributed by atoms with van der Waals surface area (Å²) < 4.78 is 15.9. The van der Waals surface area contributed by atoms with E-state index in [4.69, 9.17) is 0 Å². The molecule has 19 heavy (non-hydrogen) atoms. The molecule has 3 rings (SSSR count). The predicted octanol–water partition coefficient (Wildman–Crippen LogP) is 2.25. The van der Waals surface area contributed by atoms with Crippen LogP contribution in [0.4, 0.5) is 10.1 Å². The van der Waals surface area contributed by atoms with Gasteiger partial charge in [0, 0.05) is 25.5 Å². The smallest absolute Gasteiger partial charge is 0.164 e. The fraction of sp³-hybridized carbons (Fsp3) is 0.286. The van der Waals surface area contributed by atoms with Gasteiger partial charge in [0.25, 0.3) is 0 Å². The molecule has 5 heteroatoms. The Balaban J connectivity index is 2.00. The highest BCUT2D eigenvalue weighted by Gasteiger charge is 2.22. The van der Waals surface area contributed by atoms with E-state index < -0.39 is 5.82 Å². The van der Waals surface area contributed by atoms with Crippen LogP contribution in [0.5, 0.6) is 0 Å². The van der Waals surface area contributed by atoms with Crippen molar-refractivity contribution in [3.05, 3.63) is 47.8 Å². The number of carbonyl (C=O) groups is 1. The minimum atomic E-state index is -0.459. The first-order valence-corrected chi connectivity index (χ1v) is 6.21. The minimum absolute atomic E-state index is 0.169. The van der Waals surface area contributed by atoms with Gasteiger partial charge in [-0.1, -0.05) is 6.07 Å². The molecule has 2 heterocycles. The lowest BCUT2D eigenvalue weighted by molar-refractivity contribution is 0.101. The number of nitrogens with zero attached hydrogens (tertiary/aromatic N) is 3. The summed E-state index contributed by atoms with van der Waals surface area (Å²) in [4.78, 5) is 17.9. The van der Waals surface area contributed by atoms with Gasteiger partial charge < -0.3 is 9.47 Å². The topological polar surface area (TPSA) is 38.1 Å². The normalized spacial score (nSPS) is 14.3. The summed E-state index contributed by atoms with van der Waals surface area (Å²) in [6.07, 6.45) is 3.69. The van der Waals surface area contributed by atoms with Crippen molar-refractivity contribution in [3.63, 3.8) is 0 Å². The quantitative estimate of drug-likeness (QED) is 0.776. The number of imidazole rings is 1. The summed E-state index contributed by atoms with van der Waals surface area (Å²) in [5.41, 5.74) is 0.823. The van der Waals surface area contributed by atoms with Gasteiger partial charge in [0.1, 0.15) is 11.6 Å². The van der Waals surface area contributed by atoms with Crippen LogP contribution in [0.15, 0.2) is 30.6 Å². The van der Waals surface area contributed by atoms with Gasteiger partial charge >= 0.3 is 0 Å². The van der Waals surface area contributed by atoms with E-state index in [1.165, 1.54) is 13.0 Å². The van der Waals surface area contributed by atoms with Crippen LogP contribution in [0, 0.1) is 5.82 Å². The summed E-state index contributed by atoms with van der Waals surface area (Å²) in [5, 5.41) is 0. The van der Waals surface area contributed by atoms with Crippen LogP contribution in [-0.4, -0.2) is 21.9 Å². The molecule has 98 valence electrons. The second-order valence-corrected chi connectivity index (χ2v) is 4.65. The largest absolute Gasteiger partial charge is 0.362 e. The Bertz CT molecular complexity index is 635. The SMILES string of the molecule is CC(=O)c1c(F)cccc1N1CCn2ccnc2C1. The van der Waals surface area contributed by atoms with Gasteiger partial charge in [-0.05, 0) is 19.1 Å². The first-order chi connectivity index (χ1) is 9.16. The highest BCUT2D eigenvalue weighted by Crippen LogP contribution is 2.26. The fourth-order valence-electron chi connectivity index (χ4n) is 2.50. The van der Waals surface area contributed by atoms with Gasteiger partial charge in [0.15, 0.2) is 5.78 Å². The highest BCUT2D eigenvalue weighted by atomic mass is 19.1. The van der Waals surface area contributed by atoms with E-state index >= 15 is 0 Å². The Morgan fingerprint density at radius 1 is 1.37 bits per heavy atom. The van der Waals surface area contributed by atoms with E-state index in [-0.39, 0.29) is 11.3 Å². The lowest BCUT2D eigenvalue weighted by atomic mass is 10.1. The van der Waals surface area contributed by atoms with Crippen molar-refractivity contribution in [2.75, 3.05) is 11.4 Å². The van der Waals surface area contributed by atoms with E-state index in [9.17, 15) is 9.18 Å². The predicted molar refractivity (Wildman–Crippen MR) is 69.7 cm³/mol. The zero-order valence-corrected chi connectivity index (χ0v) is 10.6. The number of halogens is 1. The lowest BCUT2D eigenvalue weighted by Crippen LogP contribution is -2.34. The maximum atomic E-state index is 13.8. The lowest BCUT2D eigenvalue weighted by Gasteiger charge is -2.30. The van der Waals surface area contributed by atoms with Gasteiger partial charge in [-0.2, -0.15) is 0 Å². The zero-order chi connectivity index (χ0) is 13.4. The molecule has 0 saturated heterocycles. The van der Waals surface area contributed by atoms with Crippen LogP contribution in [-0.2, 0) is 13.1 Å². The van der Waals surface area contributed by atoms with Crippen LogP contribution in [0.1, 0.15) is 23.1 Å². The molecular formula is C14H14FN3O. The summed E-state index contributed by atoms with van der Waals surface area (Å²) >= 11 is 0. The molecule has 0 fully saturated rings. The molecule has 1 aromatic carbocycles. The zero-order valence-electron chi connectivity index (χ0n) is 10.6. The monoisotopic (exact) mass is 259 g/mol. The number of ketones is 1. The van der Waals surface area contributed by atoms with E-state index in [1.54, 1.807) is 18.3 Å². The second-order valence-electron chi connectivity index (χ2n) is 4.65. The number of aromatic nitrogens is 2. The first-order valence-electron chi connectivity index (χ1n) is 6.21. The molecule has 0 bridgehead atoms. The Labute approximate surface area is 110 Å². The number of Topliss-reactive ketones (excluding diaryl/α,β-unsaturated/α-hetero) is 1. The van der Waals surface area contributed by atoms with Gasteiger partial charge in [0.2, 0.25) is 0 Å². The molecule has 1 aromatic heterocycles. The molecule has 0 atom stereocenters. The van der Waals surface area contributed by atoms with Crippen molar-refractivity contribution in [2.24, 2.45) is 0 Å². The molecule has 0 aliphatic carbocycles. The third kappa shape index (κ3) is 2.01. The Hall–Kier alpha value is -2.17. The molecule has 0 N–H and O–H groups in total. The van der Waals surface area contributed by atoms with Crippen LogP contribution in [0.2, 0.25) is 0 Å². The standard InChI is InChI=1S/C14H14FN3O/c1-10(19)14-11(15)3-2-4-12(14)18-8-7-17-6-5-16-13(17)9-18/h2-6H,7-9H2,1H3. The number of rotatable bonds is 2. The number of anilines is 1. The van der Waals surface area contributed by atoms with Crippen molar-refractivity contribution in [3.8, 4) is 0 Å². The third-order valence-corrected chi connectivity index (χ3v) is 3.43. The van der Waals surface area contributed by atoms with Crippen LogP contribution < -0.4 is 4.90 Å².